The van der Waals surface area contributed by atoms with Gasteiger partial charge in [-0.15, -0.1) is 0 Å². The smallest absolute Gasteiger partial charge is 0.335 e. The Kier molecular flexibility index (Phi) is 5.35. The minimum absolute atomic E-state index is 0.0701. The molecular formula is C23H17ClN2O5. The zero-order valence-corrected chi connectivity index (χ0v) is 17.1. The van der Waals surface area contributed by atoms with Crippen LogP contribution in [0.5, 0.6) is 0 Å². The molecule has 0 saturated carbocycles. The van der Waals surface area contributed by atoms with Crippen LogP contribution in [0.15, 0.2) is 64.7 Å². The number of carbonyl (C=O) groups is 3. The number of carbonyl (C=O) groups excluding carboxylic acids is 2. The third kappa shape index (κ3) is 4.22. The molecule has 0 atom stereocenters. The van der Waals surface area contributed by atoms with E-state index in [-0.39, 0.29) is 17.8 Å². The van der Waals surface area contributed by atoms with Crippen LogP contribution >= 0.6 is 11.6 Å². The third-order valence-corrected chi connectivity index (χ3v) is 5.15. The molecule has 156 valence electrons. The molecule has 31 heavy (non-hydrogen) atoms. The van der Waals surface area contributed by atoms with Gasteiger partial charge in [0.2, 0.25) is 0 Å². The second-order valence-electron chi connectivity index (χ2n) is 7.07. The van der Waals surface area contributed by atoms with Crippen LogP contribution < -0.4 is 5.32 Å². The first-order chi connectivity index (χ1) is 14.8. The Morgan fingerprint density at radius 3 is 2.58 bits per heavy atom. The number of nitrogens with one attached hydrogen (secondary N) is 1. The van der Waals surface area contributed by atoms with Gasteiger partial charge in [-0.1, -0.05) is 41.4 Å². The van der Waals surface area contributed by atoms with E-state index in [9.17, 15) is 19.5 Å². The van der Waals surface area contributed by atoms with Crippen molar-refractivity contribution in [2.45, 2.75) is 13.5 Å². The maximum atomic E-state index is 12.7. The second-order valence-corrected chi connectivity index (χ2v) is 7.47. The highest BCUT2D eigenvalue weighted by molar-refractivity contribution is 6.33. The number of aryl methyl sites for hydroxylation is 1. The molecular weight excluding hydrogens is 420 g/mol. The molecule has 0 aliphatic carbocycles. The average molecular weight is 437 g/mol. The molecule has 1 saturated heterocycles. The number of halogens is 1. The van der Waals surface area contributed by atoms with E-state index in [0.717, 1.165) is 16.0 Å². The van der Waals surface area contributed by atoms with E-state index in [1.807, 2.05) is 31.2 Å². The van der Waals surface area contributed by atoms with E-state index in [1.165, 1.54) is 24.3 Å². The molecule has 4 rings (SSSR count). The molecule has 1 aliphatic heterocycles. The van der Waals surface area contributed by atoms with Crippen LogP contribution in [0.4, 0.5) is 4.79 Å². The van der Waals surface area contributed by atoms with Crippen molar-refractivity contribution >= 4 is 35.6 Å². The van der Waals surface area contributed by atoms with Crippen molar-refractivity contribution < 1.29 is 23.9 Å². The molecule has 3 aromatic rings. The van der Waals surface area contributed by atoms with Crippen LogP contribution in [0, 0.1) is 6.92 Å². The van der Waals surface area contributed by atoms with E-state index in [0.29, 0.717) is 22.1 Å². The number of amides is 3. The number of benzene rings is 2. The standard InChI is InChI=1S/C23H17ClN2O5/c1-13-2-4-14(5-3-13)12-26-21(27)19(25-23(26)30)11-16-7-9-20(31-16)17-10-15(22(28)29)6-8-18(17)24/h2-11H,12H2,1H3,(H,25,30)(H,28,29)/b19-11+. The van der Waals surface area contributed by atoms with E-state index >= 15 is 0 Å². The van der Waals surface area contributed by atoms with Crippen LogP contribution in [0.25, 0.3) is 17.4 Å². The molecule has 0 unspecified atom stereocenters. The van der Waals surface area contributed by atoms with E-state index in [1.54, 1.807) is 12.1 Å². The average Bonchev–Trinajstić information content (AvgIpc) is 3.30. The quantitative estimate of drug-likeness (QED) is 0.446. The number of nitrogens with zero attached hydrogens (tertiary/aromatic N) is 1. The van der Waals surface area contributed by atoms with Gasteiger partial charge >= 0.3 is 12.0 Å². The molecule has 1 aromatic heterocycles. The molecule has 7 nitrogen and oxygen atoms in total. The number of aromatic carboxylic acids is 1. The number of hydrogen-bond acceptors (Lipinski definition) is 4. The van der Waals surface area contributed by atoms with Crippen molar-refractivity contribution in [3.8, 4) is 11.3 Å². The van der Waals surface area contributed by atoms with Gasteiger partial charge < -0.3 is 14.8 Å². The Morgan fingerprint density at radius 1 is 1.13 bits per heavy atom. The predicted molar refractivity (Wildman–Crippen MR) is 114 cm³/mol. The highest BCUT2D eigenvalue weighted by atomic mass is 35.5. The van der Waals surface area contributed by atoms with E-state index in [4.69, 9.17) is 16.0 Å². The first-order valence-electron chi connectivity index (χ1n) is 9.35. The fraction of sp³-hybridized carbons (Fsp3) is 0.0870. The highest BCUT2D eigenvalue weighted by Gasteiger charge is 2.33. The first kappa shape index (κ1) is 20.4. The zero-order valence-electron chi connectivity index (χ0n) is 16.4. The number of rotatable bonds is 5. The number of carboxylic acid groups (broad SMARTS) is 1. The zero-order chi connectivity index (χ0) is 22.1. The number of hydrogen-bond donors (Lipinski definition) is 2. The van der Waals surface area contributed by atoms with Crippen molar-refractivity contribution in [2.24, 2.45) is 0 Å². The van der Waals surface area contributed by atoms with Crippen LogP contribution in [0.1, 0.15) is 27.2 Å². The van der Waals surface area contributed by atoms with E-state index < -0.39 is 17.9 Å². The Hall–Kier alpha value is -3.84. The Labute approximate surface area is 182 Å². The summed E-state index contributed by atoms with van der Waals surface area (Å²) in [6.45, 7) is 2.12. The fourth-order valence-corrected chi connectivity index (χ4v) is 3.37. The normalized spacial score (nSPS) is 14.9. The van der Waals surface area contributed by atoms with Gasteiger partial charge in [0, 0.05) is 11.6 Å². The molecule has 0 bridgehead atoms. The van der Waals surface area contributed by atoms with Gasteiger partial charge in [-0.3, -0.25) is 9.69 Å². The molecule has 1 aliphatic rings. The van der Waals surface area contributed by atoms with Crippen LogP contribution in [0.3, 0.4) is 0 Å². The molecule has 2 heterocycles. The van der Waals surface area contributed by atoms with Crippen molar-refractivity contribution in [3.05, 3.63) is 87.8 Å². The molecule has 2 N–H and O–H groups in total. The maximum Gasteiger partial charge on any atom is 0.335 e. The number of carboxylic acids is 1. The Balaban J connectivity index is 1.56. The van der Waals surface area contributed by atoms with Gasteiger partial charge in [0.25, 0.3) is 5.91 Å². The number of urea groups is 1. The Bertz CT molecular complexity index is 1230. The van der Waals surface area contributed by atoms with E-state index in [2.05, 4.69) is 5.32 Å². The summed E-state index contributed by atoms with van der Waals surface area (Å²) in [5.74, 6) is -0.893. The third-order valence-electron chi connectivity index (χ3n) is 4.82. The van der Waals surface area contributed by atoms with Crippen LogP contribution in [-0.4, -0.2) is 27.9 Å². The van der Waals surface area contributed by atoms with Gasteiger partial charge in [0.05, 0.1) is 17.1 Å². The minimum Gasteiger partial charge on any atom is -0.478 e. The Morgan fingerprint density at radius 2 is 1.87 bits per heavy atom. The topological polar surface area (TPSA) is 99.8 Å². The van der Waals surface area contributed by atoms with Crippen molar-refractivity contribution in [1.29, 1.82) is 0 Å². The summed E-state index contributed by atoms with van der Waals surface area (Å²) in [4.78, 5) is 37.3. The molecule has 0 spiro atoms. The summed E-state index contributed by atoms with van der Waals surface area (Å²) in [7, 11) is 0. The van der Waals surface area contributed by atoms with Crippen molar-refractivity contribution in [3.63, 3.8) is 0 Å². The largest absolute Gasteiger partial charge is 0.478 e. The molecule has 8 heteroatoms. The monoisotopic (exact) mass is 436 g/mol. The summed E-state index contributed by atoms with van der Waals surface area (Å²) >= 11 is 6.18. The summed E-state index contributed by atoms with van der Waals surface area (Å²) in [6.07, 6.45) is 1.42. The number of imide groups is 1. The van der Waals surface area contributed by atoms with Crippen LogP contribution in [-0.2, 0) is 11.3 Å². The summed E-state index contributed by atoms with van der Waals surface area (Å²) in [6, 6.07) is 14.6. The SMILES string of the molecule is Cc1ccc(CN2C(=O)N/C(=C/c3ccc(-c4cc(C(=O)O)ccc4Cl)o3)C2=O)cc1. The van der Waals surface area contributed by atoms with Crippen LogP contribution in [0.2, 0.25) is 5.02 Å². The van der Waals surface area contributed by atoms with Crippen molar-refractivity contribution in [1.82, 2.24) is 10.2 Å². The molecule has 1 fully saturated rings. The van der Waals surface area contributed by atoms with Gasteiger partial charge in [0.15, 0.2) is 0 Å². The molecule has 0 radical (unpaired) electrons. The lowest BCUT2D eigenvalue weighted by Crippen LogP contribution is -2.30. The fourth-order valence-electron chi connectivity index (χ4n) is 3.16. The summed E-state index contributed by atoms with van der Waals surface area (Å²) in [5, 5.41) is 12.1. The van der Waals surface area contributed by atoms with Gasteiger partial charge in [-0.25, -0.2) is 9.59 Å². The van der Waals surface area contributed by atoms with Crippen molar-refractivity contribution in [2.75, 3.05) is 0 Å². The second kappa shape index (κ2) is 8.12. The number of furan rings is 1. The lowest BCUT2D eigenvalue weighted by Gasteiger charge is -2.11. The summed E-state index contributed by atoms with van der Waals surface area (Å²) in [5.41, 5.74) is 2.49. The maximum absolute atomic E-state index is 12.7. The van der Waals surface area contributed by atoms with Gasteiger partial charge in [-0.2, -0.15) is 0 Å². The molecule has 3 amide bonds. The first-order valence-corrected chi connectivity index (χ1v) is 9.73. The lowest BCUT2D eigenvalue weighted by atomic mass is 10.1. The van der Waals surface area contributed by atoms with Gasteiger partial charge in [-0.05, 0) is 42.8 Å². The minimum atomic E-state index is -1.08. The summed E-state index contributed by atoms with van der Waals surface area (Å²) < 4.78 is 5.72. The van der Waals surface area contributed by atoms with Gasteiger partial charge in [0.1, 0.15) is 17.2 Å². The highest BCUT2D eigenvalue weighted by Crippen LogP contribution is 2.31. The predicted octanol–water partition coefficient (Wildman–Crippen LogP) is 4.70. The molecule has 2 aromatic carbocycles. The lowest BCUT2D eigenvalue weighted by molar-refractivity contribution is -0.123.